The lowest BCUT2D eigenvalue weighted by Gasteiger charge is -2.20. The van der Waals surface area contributed by atoms with Gasteiger partial charge in [0.15, 0.2) is 0 Å². The molecule has 0 fully saturated rings. The summed E-state index contributed by atoms with van der Waals surface area (Å²) in [6.07, 6.45) is -0.548. The second kappa shape index (κ2) is 9.59. The van der Waals surface area contributed by atoms with Crippen LogP contribution >= 0.6 is 0 Å². The highest BCUT2D eigenvalue weighted by Gasteiger charge is 2.35. The summed E-state index contributed by atoms with van der Waals surface area (Å²) in [6, 6.07) is 15.1. The highest BCUT2D eigenvalue weighted by molar-refractivity contribution is 5.63. The third-order valence-corrected chi connectivity index (χ3v) is 5.11. The van der Waals surface area contributed by atoms with Gasteiger partial charge < -0.3 is 10.6 Å². The molecule has 1 heterocycles. The van der Waals surface area contributed by atoms with Gasteiger partial charge >= 0.3 is 6.18 Å². The smallest absolute Gasteiger partial charge is 0.340 e. The Kier molecular flexibility index (Phi) is 7.06. The zero-order valence-corrected chi connectivity index (χ0v) is 18.8. The van der Waals surface area contributed by atoms with Crippen molar-refractivity contribution in [1.29, 1.82) is 0 Å². The van der Waals surface area contributed by atoms with Gasteiger partial charge in [-0.05, 0) is 53.6 Å². The minimum atomic E-state index is -4.58. The number of nitrogens with zero attached hydrogens (tertiary/aromatic N) is 2. The van der Waals surface area contributed by atoms with E-state index in [0.29, 0.717) is 11.4 Å². The molecule has 3 aromatic rings. The summed E-state index contributed by atoms with van der Waals surface area (Å²) in [5.41, 5.74) is 2.42. The molecule has 0 amide bonds. The third kappa shape index (κ3) is 6.22. The summed E-state index contributed by atoms with van der Waals surface area (Å²) in [4.78, 5) is 8.03. The van der Waals surface area contributed by atoms with E-state index in [-0.39, 0.29) is 17.2 Å². The van der Waals surface area contributed by atoms with Crippen LogP contribution in [-0.4, -0.2) is 9.97 Å². The number of aryl methyl sites for hydroxylation is 1. The standard InChI is InChI=1S/C25H29F3N4/c1-5-6-8-17-11-13-19(14-12-17)31-23-29-16-21(25(26,27)28)22(32-23)30-20-10-7-9-18(15-20)24(2,3)4/h7,9-16H,5-6,8H2,1-4H3,(H2,29,30,31,32). The third-order valence-electron chi connectivity index (χ3n) is 5.11. The van der Waals surface area contributed by atoms with Crippen LogP contribution in [0.5, 0.6) is 0 Å². The van der Waals surface area contributed by atoms with Crippen molar-refractivity contribution < 1.29 is 13.2 Å². The highest BCUT2D eigenvalue weighted by atomic mass is 19.4. The van der Waals surface area contributed by atoms with E-state index in [1.807, 2.05) is 63.2 Å². The minimum absolute atomic E-state index is 0.0915. The van der Waals surface area contributed by atoms with Crippen molar-refractivity contribution in [3.8, 4) is 0 Å². The van der Waals surface area contributed by atoms with Gasteiger partial charge in [0.1, 0.15) is 11.4 Å². The first kappa shape index (κ1) is 23.6. The zero-order valence-electron chi connectivity index (χ0n) is 18.8. The van der Waals surface area contributed by atoms with Gasteiger partial charge in [0.25, 0.3) is 0 Å². The summed E-state index contributed by atoms with van der Waals surface area (Å²) in [6.45, 7) is 8.29. The monoisotopic (exact) mass is 442 g/mol. The molecule has 0 bridgehead atoms. The van der Waals surface area contributed by atoms with Gasteiger partial charge in [0.05, 0.1) is 0 Å². The first-order valence-corrected chi connectivity index (χ1v) is 10.7. The number of alkyl halides is 3. The fraction of sp³-hybridized carbons (Fsp3) is 0.360. The molecule has 32 heavy (non-hydrogen) atoms. The van der Waals surface area contributed by atoms with E-state index >= 15 is 0 Å². The maximum Gasteiger partial charge on any atom is 0.421 e. The normalized spacial score (nSPS) is 12.0. The van der Waals surface area contributed by atoms with Crippen LogP contribution in [0.3, 0.4) is 0 Å². The van der Waals surface area contributed by atoms with Crippen LogP contribution in [0.15, 0.2) is 54.7 Å². The van der Waals surface area contributed by atoms with Crippen molar-refractivity contribution in [2.45, 2.75) is 58.5 Å². The van der Waals surface area contributed by atoms with Crippen molar-refractivity contribution in [1.82, 2.24) is 9.97 Å². The average Bonchev–Trinajstić information content (AvgIpc) is 2.72. The molecule has 1 aromatic heterocycles. The van der Waals surface area contributed by atoms with Gasteiger partial charge in [-0.3, -0.25) is 0 Å². The molecule has 2 aromatic carbocycles. The van der Waals surface area contributed by atoms with E-state index in [1.54, 1.807) is 6.07 Å². The van der Waals surface area contributed by atoms with Crippen molar-refractivity contribution in [3.63, 3.8) is 0 Å². The van der Waals surface area contributed by atoms with E-state index in [1.165, 1.54) is 5.56 Å². The predicted octanol–water partition coefficient (Wildman–Crippen LogP) is 7.62. The molecule has 0 saturated carbocycles. The van der Waals surface area contributed by atoms with Crippen molar-refractivity contribution in [2.75, 3.05) is 10.6 Å². The molecule has 170 valence electrons. The molecule has 4 nitrogen and oxygen atoms in total. The number of rotatable bonds is 7. The topological polar surface area (TPSA) is 49.8 Å². The predicted molar refractivity (Wildman–Crippen MR) is 124 cm³/mol. The van der Waals surface area contributed by atoms with E-state index < -0.39 is 11.7 Å². The van der Waals surface area contributed by atoms with Gasteiger partial charge in [-0.1, -0.05) is 58.4 Å². The Bertz CT molecular complexity index is 1040. The maximum absolute atomic E-state index is 13.6. The first-order valence-electron chi connectivity index (χ1n) is 10.7. The van der Waals surface area contributed by atoms with Crippen molar-refractivity contribution in [2.24, 2.45) is 0 Å². The SMILES string of the molecule is CCCCc1ccc(Nc2ncc(C(F)(F)F)c(Nc3cccc(C(C)(C)C)c3)n2)cc1. The number of halogens is 3. The quantitative estimate of drug-likeness (QED) is 0.395. The molecule has 0 aliphatic rings. The molecule has 7 heteroatoms. The van der Waals surface area contributed by atoms with Crippen molar-refractivity contribution in [3.05, 3.63) is 71.4 Å². The Morgan fingerprint density at radius 2 is 1.62 bits per heavy atom. The lowest BCUT2D eigenvalue weighted by Crippen LogP contribution is -2.14. The number of hydrogen-bond donors (Lipinski definition) is 2. The zero-order chi connectivity index (χ0) is 23.4. The average molecular weight is 443 g/mol. The molecule has 0 atom stereocenters. The van der Waals surface area contributed by atoms with Gasteiger partial charge in [-0.2, -0.15) is 18.2 Å². The van der Waals surface area contributed by atoms with Gasteiger partial charge in [-0.15, -0.1) is 0 Å². The second-order valence-electron chi connectivity index (χ2n) is 8.83. The minimum Gasteiger partial charge on any atom is -0.340 e. The van der Waals surface area contributed by atoms with Crippen LogP contribution in [0.1, 0.15) is 57.2 Å². The fourth-order valence-corrected chi connectivity index (χ4v) is 3.21. The molecule has 0 radical (unpaired) electrons. The molecular formula is C25H29F3N4. The molecule has 0 aliphatic heterocycles. The summed E-state index contributed by atoms with van der Waals surface area (Å²) in [5.74, 6) is -0.200. The number of aromatic nitrogens is 2. The van der Waals surface area contributed by atoms with Crippen molar-refractivity contribution >= 4 is 23.1 Å². The van der Waals surface area contributed by atoms with Gasteiger partial charge in [0, 0.05) is 17.6 Å². The lowest BCUT2D eigenvalue weighted by atomic mass is 9.87. The summed E-state index contributed by atoms with van der Waals surface area (Å²) >= 11 is 0. The van der Waals surface area contributed by atoms with E-state index in [0.717, 1.165) is 31.0 Å². The van der Waals surface area contributed by atoms with Crippen LogP contribution in [0.25, 0.3) is 0 Å². The Labute approximate surface area is 187 Å². The summed E-state index contributed by atoms with van der Waals surface area (Å²) in [7, 11) is 0. The first-order chi connectivity index (χ1) is 15.1. The largest absolute Gasteiger partial charge is 0.421 e. The maximum atomic E-state index is 13.6. The van der Waals surface area contributed by atoms with Crippen LogP contribution in [0.2, 0.25) is 0 Å². The lowest BCUT2D eigenvalue weighted by molar-refractivity contribution is -0.137. The van der Waals surface area contributed by atoms with Gasteiger partial charge in [0.2, 0.25) is 5.95 Å². The Hall–Kier alpha value is -3.09. The number of hydrogen-bond acceptors (Lipinski definition) is 4. The summed E-state index contributed by atoms with van der Waals surface area (Å²) in [5, 5.41) is 5.84. The molecule has 0 unspecified atom stereocenters. The second-order valence-corrected chi connectivity index (χ2v) is 8.83. The van der Waals surface area contributed by atoms with Crippen LogP contribution in [0, 0.1) is 0 Å². The van der Waals surface area contributed by atoms with E-state index in [9.17, 15) is 13.2 Å². The number of nitrogens with one attached hydrogen (secondary N) is 2. The molecule has 0 spiro atoms. The summed E-state index contributed by atoms with van der Waals surface area (Å²) < 4.78 is 40.8. The highest BCUT2D eigenvalue weighted by Crippen LogP contribution is 2.36. The fourth-order valence-electron chi connectivity index (χ4n) is 3.21. The van der Waals surface area contributed by atoms with Crippen LogP contribution < -0.4 is 10.6 Å². The van der Waals surface area contributed by atoms with Gasteiger partial charge in [-0.25, -0.2) is 4.98 Å². The molecular weight excluding hydrogens is 413 g/mol. The Morgan fingerprint density at radius 3 is 2.25 bits per heavy atom. The number of benzene rings is 2. The molecule has 0 saturated heterocycles. The van der Waals surface area contributed by atoms with E-state index in [4.69, 9.17) is 0 Å². The Morgan fingerprint density at radius 1 is 0.906 bits per heavy atom. The Balaban J connectivity index is 1.87. The van der Waals surface area contributed by atoms with Crippen LogP contribution in [0.4, 0.5) is 36.3 Å². The van der Waals surface area contributed by atoms with Crippen LogP contribution in [-0.2, 0) is 18.0 Å². The molecule has 2 N–H and O–H groups in total. The number of anilines is 4. The molecule has 0 aliphatic carbocycles. The number of unbranched alkanes of at least 4 members (excludes halogenated alkanes) is 1. The molecule has 3 rings (SSSR count). The van der Waals surface area contributed by atoms with E-state index in [2.05, 4.69) is 27.5 Å².